The predicted octanol–water partition coefficient (Wildman–Crippen LogP) is 1.60. The fraction of sp³-hybridized carbons (Fsp3) is 0.357. The molecule has 0 aliphatic heterocycles. The van der Waals surface area contributed by atoms with Crippen molar-refractivity contribution in [2.45, 2.75) is 19.4 Å². The van der Waals surface area contributed by atoms with Crippen LogP contribution in [0.4, 0.5) is 0 Å². The van der Waals surface area contributed by atoms with E-state index < -0.39 is 5.54 Å². The van der Waals surface area contributed by atoms with E-state index in [0.717, 1.165) is 11.1 Å². The maximum Gasteiger partial charge on any atom is 0.244 e. The van der Waals surface area contributed by atoms with Gasteiger partial charge in [0.25, 0.3) is 0 Å². The molecule has 3 N–H and O–H groups in total. The molecule has 1 rings (SSSR count). The first kappa shape index (κ1) is 15.7. The van der Waals surface area contributed by atoms with E-state index >= 15 is 0 Å². The third-order valence-corrected chi connectivity index (χ3v) is 2.99. The fourth-order valence-corrected chi connectivity index (χ4v) is 1.67. The van der Waals surface area contributed by atoms with Gasteiger partial charge in [-0.1, -0.05) is 23.7 Å². The summed E-state index contributed by atoms with van der Waals surface area (Å²) >= 11 is 5.88. The number of rotatable bonds is 5. The minimum absolute atomic E-state index is 0.334. The van der Waals surface area contributed by atoms with Crippen molar-refractivity contribution in [1.29, 1.82) is 0 Å². The first-order chi connectivity index (χ1) is 8.90. The van der Waals surface area contributed by atoms with E-state index in [9.17, 15) is 4.79 Å². The van der Waals surface area contributed by atoms with Crippen molar-refractivity contribution in [3.63, 3.8) is 0 Å². The van der Waals surface area contributed by atoms with Gasteiger partial charge in [-0.2, -0.15) is 0 Å². The van der Waals surface area contributed by atoms with Crippen LogP contribution in [0.15, 0.2) is 30.3 Å². The van der Waals surface area contributed by atoms with Crippen LogP contribution in [0, 0.1) is 0 Å². The highest BCUT2D eigenvalue weighted by atomic mass is 35.5. The molecule has 4 nitrogen and oxygen atoms in total. The van der Waals surface area contributed by atoms with Crippen LogP contribution in [0.1, 0.15) is 19.4 Å². The minimum Gasteiger partial charge on any atom is -0.394 e. The Morgan fingerprint density at radius 1 is 1.42 bits per heavy atom. The Labute approximate surface area is 117 Å². The smallest absolute Gasteiger partial charge is 0.244 e. The Hall–Kier alpha value is -1.36. The van der Waals surface area contributed by atoms with Crippen LogP contribution < -0.4 is 5.32 Å². The summed E-state index contributed by atoms with van der Waals surface area (Å²) in [6.45, 7) is 2.69. The Bertz CT molecular complexity index is 481. The Morgan fingerprint density at radius 2 is 2.05 bits per heavy atom. The molecule has 104 valence electrons. The van der Waals surface area contributed by atoms with Gasteiger partial charge in [0.2, 0.25) is 5.91 Å². The molecule has 1 aromatic rings. The van der Waals surface area contributed by atoms with Crippen molar-refractivity contribution in [3.8, 4) is 0 Å². The zero-order valence-electron chi connectivity index (χ0n) is 11.0. The predicted molar refractivity (Wildman–Crippen MR) is 75.8 cm³/mol. The molecule has 5 heteroatoms. The highest BCUT2D eigenvalue weighted by molar-refractivity contribution is 6.30. The molecule has 0 aliphatic carbocycles. The number of halogens is 1. The van der Waals surface area contributed by atoms with Crippen molar-refractivity contribution >= 4 is 23.1 Å². The maximum atomic E-state index is 11.8. The number of nitrogens with one attached hydrogen (secondary N) is 1. The normalized spacial score (nSPS) is 12.4. The monoisotopic (exact) mass is 283 g/mol. The van der Waals surface area contributed by atoms with Gasteiger partial charge in [0.15, 0.2) is 0 Å². The van der Waals surface area contributed by atoms with Crippen LogP contribution in [0.2, 0.25) is 5.02 Å². The number of benzene rings is 1. The first-order valence-corrected chi connectivity index (χ1v) is 6.26. The van der Waals surface area contributed by atoms with Gasteiger partial charge in [0.05, 0.1) is 18.8 Å². The molecule has 19 heavy (non-hydrogen) atoms. The largest absolute Gasteiger partial charge is 0.394 e. The third kappa shape index (κ3) is 4.67. The summed E-state index contributed by atoms with van der Waals surface area (Å²) in [5.74, 6) is -0.372. The van der Waals surface area contributed by atoms with E-state index in [0.29, 0.717) is 5.02 Å². The number of aliphatic hydroxyl groups is 2. The summed E-state index contributed by atoms with van der Waals surface area (Å²) in [5, 5.41) is 21.4. The first-order valence-electron chi connectivity index (χ1n) is 5.88. The third-order valence-electron chi connectivity index (χ3n) is 2.75. The number of hydrogen-bond donors (Lipinski definition) is 3. The molecular weight excluding hydrogens is 266 g/mol. The maximum absolute atomic E-state index is 11.8. The number of amides is 1. The van der Waals surface area contributed by atoms with Crippen LogP contribution in [0.25, 0.3) is 5.57 Å². The summed E-state index contributed by atoms with van der Waals surface area (Å²) in [6, 6.07) is 7.17. The molecule has 0 atom stereocenters. The Balaban J connectivity index is 2.82. The summed E-state index contributed by atoms with van der Waals surface area (Å²) in [6.07, 6.45) is 1.41. The van der Waals surface area contributed by atoms with Crippen molar-refractivity contribution in [2.75, 3.05) is 13.2 Å². The van der Waals surface area contributed by atoms with E-state index in [1.54, 1.807) is 32.0 Å². The zero-order chi connectivity index (χ0) is 14.5. The van der Waals surface area contributed by atoms with E-state index in [4.69, 9.17) is 21.8 Å². The van der Waals surface area contributed by atoms with Crippen LogP contribution in [0.3, 0.4) is 0 Å². The fourth-order valence-electron chi connectivity index (χ4n) is 1.48. The van der Waals surface area contributed by atoms with E-state index in [2.05, 4.69) is 5.32 Å². The van der Waals surface area contributed by atoms with Crippen molar-refractivity contribution < 1.29 is 15.0 Å². The number of carbonyl (C=O) groups excluding carboxylic acids is 1. The molecule has 0 aromatic heterocycles. The SMILES string of the molecule is C/C(=C/C(=O)NC(C)(CO)CO)c1cccc(Cl)c1. The van der Waals surface area contributed by atoms with Gasteiger partial charge in [0.1, 0.15) is 0 Å². The molecule has 0 bridgehead atoms. The van der Waals surface area contributed by atoms with E-state index in [-0.39, 0.29) is 19.1 Å². The van der Waals surface area contributed by atoms with Gasteiger partial charge < -0.3 is 15.5 Å². The van der Waals surface area contributed by atoms with Gasteiger partial charge in [0, 0.05) is 11.1 Å². The molecule has 0 saturated heterocycles. The second-order valence-corrected chi connectivity index (χ2v) is 5.14. The summed E-state index contributed by atoms with van der Waals surface area (Å²) in [4.78, 5) is 11.8. The van der Waals surface area contributed by atoms with Crippen LogP contribution >= 0.6 is 11.6 Å². The lowest BCUT2D eigenvalue weighted by atomic mass is 10.0. The molecule has 0 saturated carbocycles. The molecule has 0 heterocycles. The number of hydrogen-bond acceptors (Lipinski definition) is 3. The molecule has 0 aliphatic rings. The van der Waals surface area contributed by atoms with Gasteiger partial charge in [-0.05, 0) is 37.1 Å². The van der Waals surface area contributed by atoms with Crippen LogP contribution in [-0.2, 0) is 4.79 Å². The molecule has 0 spiro atoms. The van der Waals surface area contributed by atoms with Gasteiger partial charge in [-0.25, -0.2) is 0 Å². The topological polar surface area (TPSA) is 69.6 Å². The molecule has 0 unspecified atom stereocenters. The Kier molecular flexibility index (Phi) is 5.54. The standard InChI is InChI=1S/C14H18ClNO3/c1-10(11-4-3-5-12(15)7-11)6-13(19)16-14(2,8-17)9-18/h3-7,17-18H,8-9H2,1-2H3,(H,16,19)/b10-6-. The molecule has 0 fully saturated rings. The molecule has 1 amide bonds. The van der Waals surface area contributed by atoms with Crippen molar-refractivity contribution in [3.05, 3.63) is 40.9 Å². The lowest BCUT2D eigenvalue weighted by molar-refractivity contribution is -0.119. The molecule has 1 aromatic carbocycles. The van der Waals surface area contributed by atoms with E-state index in [1.807, 2.05) is 6.07 Å². The van der Waals surface area contributed by atoms with Crippen molar-refractivity contribution in [1.82, 2.24) is 5.32 Å². The Morgan fingerprint density at radius 3 is 2.58 bits per heavy atom. The number of carbonyl (C=O) groups is 1. The number of allylic oxidation sites excluding steroid dienone is 1. The lowest BCUT2D eigenvalue weighted by Crippen LogP contribution is -2.51. The molecule has 0 radical (unpaired) electrons. The summed E-state index contributed by atoms with van der Waals surface area (Å²) in [5.41, 5.74) is 0.568. The molecular formula is C14H18ClNO3. The summed E-state index contributed by atoms with van der Waals surface area (Å²) < 4.78 is 0. The van der Waals surface area contributed by atoms with Crippen LogP contribution in [0.5, 0.6) is 0 Å². The highest BCUT2D eigenvalue weighted by Gasteiger charge is 2.23. The second kappa shape index (κ2) is 6.70. The van der Waals surface area contributed by atoms with Crippen LogP contribution in [-0.4, -0.2) is 34.9 Å². The average Bonchev–Trinajstić information content (AvgIpc) is 2.38. The van der Waals surface area contributed by atoms with Gasteiger partial charge in [-0.15, -0.1) is 0 Å². The quantitative estimate of drug-likeness (QED) is 0.719. The lowest BCUT2D eigenvalue weighted by Gasteiger charge is -2.25. The zero-order valence-corrected chi connectivity index (χ0v) is 11.7. The minimum atomic E-state index is -1.03. The number of aliphatic hydroxyl groups excluding tert-OH is 2. The van der Waals surface area contributed by atoms with Gasteiger partial charge in [-0.3, -0.25) is 4.79 Å². The average molecular weight is 284 g/mol. The summed E-state index contributed by atoms with van der Waals surface area (Å²) in [7, 11) is 0. The second-order valence-electron chi connectivity index (χ2n) is 4.70. The van der Waals surface area contributed by atoms with Crippen molar-refractivity contribution in [2.24, 2.45) is 0 Å². The highest BCUT2D eigenvalue weighted by Crippen LogP contribution is 2.18. The van der Waals surface area contributed by atoms with Gasteiger partial charge >= 0.3 is 0 Å². The van der Waals surface area contributed by atoms with E-state index in [1.165, 1.54) is 6.08 Å².